The van der Waals surface area contributed by atoms with Crippen LogP contribution in [0.25, 0.3) is 11.3 Å². The van der Waals surface area contributed by atoms with Crippen molar-refractivity contribution in [2.24, 2.45) is 0 Å². The molecule has 1 fully saturated rings. The summed E-state index contributed by atoms with van der Waals surface area (Å²) in [5.41, 5.74) is 7.91. The van der Waals surface area contributed by atoms with Gasteiger partial charge in [-0.2, -0.15) is 0 Å². The molecule has 2 aromatic rings. The lowest BCUT2D eigenvalue weighted by Gasteiger charge is -2.22. The van der Waals surface area contributed by atoms with Crippen molar-refractivity contribution in [1.29, 1.82) is 0 Å². The van der Waals surface area contributed by atoms with Crippen LogP contribution >= 0.6 is 0 Å². The highest BCUT2D eigenvalue weighted by Gasteiger charge is 2.32. The van der Waals surface area contributed by atoms with E-state index in [2.05, 4.69) is 5.16 Å². The standard InChI is InChI=1S/C15H18N4O2/c1-10(2)18-7-8-19(15(18)20)13-6-4-3-5-11(13)12-9-14(16)21-17-12/h3-6,9-10H,7-8,16H2,1-2H3. The summed E-state index contributed by atoms with van der Waals surface area (Å²) in [6.45, 7) is 5.43. The van der Waals surface area contributed by atoms with Crippen molar-refractivity contribution in [3.63, 3.8) is 0 Å². The number of amides is 2. The van der Waals surface area contributed by atoms with Crippen molar-refractivity contribution in [1.82, 2.24) is 10.1 Å². The Hall–Kier alpha value is -2.50. The van der Waals surface area contributed by atoms with Crippen LogP contribution in [0.4, 0.5) is 16.4 Å². The molecule has 0 aliphatic carbocycles. The molecular formula is C15H18N4O2. The van der Waals surface area contributed by atoms with Gasteiger partial charge in [-0.05, 0) is 19.9 Å². The van der Waals surface area contributed by atoms with Crippen LogP contribution in [0.2, 0.25) is 0 Å². The molecule has 1 aromatic carbocycles. The van der Waals surface area contributed by atoms with E-state index in [9.17, 15) is 4.79 Å². The Morgan fingerprint density at radius 1 is 1.29 bits per heavy atom. The Morgan fingerprint density at radius 2 is 2.05 bits per heavy atom. The maximum Gasteiger partial charge on any atom is 0.324 e. The minimum Gasteiger partial charge on any atom is -0.368 e. The predicted molar refractivity (Wildman–Crippen MR) is 80.9 cm³/mol. The molecule has 21 heavy (non-hydrogen) atoms. The zero-order valence-electron chi connectivity index (χ0n) is 12.1. The molecule has 1 aromatic heterocycles. The van der Waals surface area contributed by atoms with Gasteiger partial charge in [0.1, 0.15) is 5.69 Å². The Kier molecular flexibility index (Phi) is 3.29. The van der Waals surface area contributed by atoms with Crippen molar-refractivity contribution < 1.29 is 9.32 Å². The number of para-hydroxylation sites is 1. The maximum absolute atomic E-state index is 12.5. The number of carbonyl (C=O) groups excluding carboxylic acids is 1. The molecule has 0 spiro atoms. The zero-order valence-corrected chi connectivity index (χ0v) is 12.1. The van der Waals surface area contributed by atoms with Gasteiger partial charge in [0.15, 0.2) is 0 Å². The average Bonchev–Trinajstić information content (AvgIpc) is 3.05. The molecular weight excluding hydrogens is 268 g/mol. The summed E-state index contributed by atoms with van der Waals surface area (Å²) < 4.78 is 4.94. The minimum atomic E-state index is 0.0221. The minimum absolute atomic E-state index is 0.0221. The number of aromatic nitrogens is 1. The van der Waals surface area contributed by atoms with E-state index < -0.39 is 0 Å². The second-order valence-electron chi connectivity index (χ2n) is 5.35. The molecule has 3 rings (SSSR count). The molecule has 2 amide bonds. The van der Waals surface area contributed by atoms with E-state index in [1.807, 2.05) is 43.0 Å². The van der Waals surface area contributed by atoms with Crippen molar-refractivity contribution in [3.05, 3.63) is 30.3 Å². The topological polar surface area (TPSA) is 75.6 Å². The smallest absolute Gasteiger partial charge is 0.324 e. The highest BCUT2D eigenvalue weighted by atomic mass is 16.5. The van der Waals surface area contributed by atoms with Crippen molar-refractivity contribution in [2.75, 3.05) is 23.7 Å². The highest BCUT2D eigenvalue weighted by molar-refractivity contribution is 5.98. The Morgan fingerprint density at radius 3 is 2.67 bits per heavy atom. The summed E-state index contributed by atoms with van der Waals surface area (Å²) in [6, 6.07) is 9.53. The van der Waals surface area contributed by atoms with Gasteiger partial charge in [-0.3, -0.25) is 4.90 Å². The number of hydrogen-bond acceptors (Lipinski definition) is 4. The highest BCUT2D eigenvalue weighted by Crippen LogP contribution is 2.33. The van der Waals surface area contributed by atoms with E-state index in [4.69, 9.17) is 10.3 Å². The summed E-state index contributed by atoms with van der Waals surface area (Å²) in [6.07, 6.45) is 0. The van der Waals surface area contributed by atoms with Crippen molar-refractivity contribution >= 4 is 17.6 Å². The van der Waals surface area contributed by atoms with Crippen molar-refractivity contribution in [2.45, 2.75) is 19.9 Å². The van der Waals surface area contributed by atoms with Gasteiger partial charge in [0.2, 0.25) is 5.88 Å². The Balaban J connectivity index is 1.99. The fraction of sp³-hybridized carbons (Fsp3) is 0.333. The number of nitrogens with two attached hydrogens (primary N) is 1. The van der Waals surface area contributed by atoms with E-state index >= 15 is 0 Å². The summed E-state index contributed by atoms with van der Waals surface area (Å²) >= 11 is 0. The maximum atomic E-state index is 12.5. The molecule has 6 heteroatoms. The van der Waals surface area contributed by atoms with E-state index in [0.717, 1.165) is 17.8 Å². The number of carbonyl (C=O) groups is 1. The van der Waals surface area contributed by atoms with Gasteiger partial charge in [0.05, 0.1) is 5.69 Å². The van der Waals surface area contributed by atoms with E-state index in [1.54, 1.807) is 11.0 Å². The molecule has 0 bridgehead atoms. The largest absolute Gasteiger partial charge is 0.368 e. The first-order valence-electron chi connectivity index (χ1n) is 6.97. The number of rotatable bonds is 3. The van der Waals surface area contributed by atoms with Crippen LogP contribution < -0.4 is 10.6 Å². The molecule has 0 radical (unpaired) electrons. The quantitative estimate of drug-likeness (QED) is 0.941. The van der Waals surface area contributed by atoms with Crippen LogP contribution in [0.1, 0.15) is 13.8 Å². The fourth-order valence-corrected chi connectivity index (χ4v) is 2.60. The first kappa shape index (κ1) is 13.5. The second-order valence-corrected chi connectivity index (χ2v) is 5.35. The van der Waals surface area contributed by atoms with Gasteiger partial charge in [0, 0.05) is 30.8 Å². The van der Waals surface area contributed by atoms with Gasteiger partial charge in [-0.15, -0.1) is 0 Å². The monoisotopic (exact) mass is 286 g/mol. The Bertz CT molecular complexity index is 665. The van der Waals surface area contributed by atoms with Gasteiger partial charge in [-0.1, -0.05) is 23.4 Å². The lowest BCUT2D eigenvalue weighted by Crippen LogP contribution is -2.36. The zero-order chi connectivity index (χ0) is 15.0. The van der Waals surface area contributed by atoms with Crippen LogP contribution in [-0.4, -0.2) is 35.2 Å². The number of nitrogens with zero attached hydrogens (tertiary/aromatic N) is 3. The molecule has 1 saturated heterocycles. The van der Waals surface area contributed by atoms with Crippen LogP contribution in [0, 0.1) is 0 Å². The number of hydrogen-bond donors (Lipinski definition) is 1. The summed E-state index contributed by atoms with van der Waals surface area (Å²) in [5, 5.41) is 3.95. The van der Waals surface area contributed by atoms with Gasteiger partial charge >= 0.3 is 6.03 Å². The summed E-state index contributed by atoms with van der Waals surface area (Å²) in [4.78, 5) is 16.2. The fourth-order valence-electron chi connectivity index (χ4n) is 2.60. The van der Waals surface area contributed by atoms with Crippen LogP contribution in [0.3, 0.4) is 0 Å². The number of anilines is 2. The molecule has 0 atom stereocenters. The van der Waals surface area contributed by atoms with Crippen LogP contribution in [-0.2, 0) is 0 Å². The molecule has 0 unspecified atom stereocenters. The number of urea groups is 1. The molecule has 0 saturated carbocycles. The molecule has 110 valence electrons. The van der Waals surface area contributed by atoms with Crippen molar-refractivity contribution in [3.8, 4) is 11.3 Å². The van der Waals surface area contributed by atoms with Crippen LogP contribution in [0.5, 0.6) is 0 Å². The summed E-state index contributed by atoms with van der Waals surface area (Å²) in [5.74, 6) is 0.261. The molecule has 2 heterocycles. The summed E-state index contributed by atoms with van der Waals surface area (Å²) in [7, 11) is 0. The molecule has 6 nitrogen and oxygen atoms in total. The molecule has 1 aliphatic heterocycles. The first-order valence-corrected chi connectivity index (χ1v) is 6.97. The average molecular weight is 286 g/mol. The SMILES string of the molecule is CC(C)N1CCN(c2ccccc2-c2cc(N)on2)C1=O. The van der Waals surface area contributed by atoms with E-state index in [1.165, 1.54) is 0 Å². The van der Waals surface area contributed by atoms with E-state index in [0.29, 0.717) is 12.2 Å². The first-order chi connectivity index (χ1) is 10.1. The van der Waals surface area contributed by atoms with E-state index in [-0.39, 0.29) is 18.0 Å². The van der Waals surface area contributed by atoms with Crippen LogP contribution in [0.15, 0.2) is 34.9 Å². The molecule has 2 N–H and O–H groups in total. The van der Waals surface area contributed by atoms with Gasteiger partial charge < -0.3 is 15.2 Å². The molecule has 1 aliphatic rings. The second kappa shape index (κ2) is 5.12. The lowest BCUT2D eigenvalue weighted by atomic mass is 10.1. The Labute approximate surface area is 123 Å². The third-order valence-corrected chi connectivity index (χ3v) is 3.66. The lowest BCUT2D eigenvalue weighted by molar-refractivity contribution is 0.209. The normalized spacial score (nSPS) is 15.3. The predicted octanol–water partition coefficient (Wildman–Crippen LogP) is 2.57. The van der Waals surface area contributed by atoms with Gasteiger partial charge in [-0.25, -0.2) is 4.79 Å². The number of nitrogen functional groups attached to an aromatic ring is 1. The number of benzene rings is 1. The van der Waals surface area contributed by atoms with Gasteiger partial charge in [0.25, 0.3) is 0 Å². The third kappa shape index (κ3) is 2.33. The third-order valence-electron chi connectivity index (χ3n) is 3.66.